The number of hydrogen-bond donors (Lipinski definition) is 1. The first-order chi connectivity index (χ1) is 8.06. The molecule has 1 aromatic rings. The SMILES string of the molecule is CC(C)(CNC(=O)CCCCCl)c1cccs1. The molecule has 0 radical (unpaired) electrons. The Morgan fingerprint density at radius 3 is 2.82 bits per heavy atom. The van der Waals surface area contributed by atoms with E-state index in [1.165, 1.54) is 4.88 Å². The molecule has 0 saturated carbocycles. The van der Waals surface area contributed by atoms with E-state index in [4.69, 9.17) is 11.6 Å². The van der Waals surface area contributed by atoms with Crippen molar-refractivity contribution < 1.29 is 4.79 Å². The van der Waals surface area contributed by atoms with Crippen LogP contribution in [-0.4, -0.2) is 18.3 Å². The predicted octanol–water partition coefficient (Wildman–Crippen LogP) is 3.55. The van der Waals surface area contributed by atoms with Crippen LogP contribution >= 0.6 is 22.9 Å². The van der Waals surface area contributed by atoms with Crippen molar-refractivity contribution in [2.24, 2.45) is 0 Å². The van der Waals surface area contributed by atoms with Crippen LogP contribution in [0.3, 0.4) is 0 Å². The summed E-state index contributed by atoms with van der Waals surface area (Å²) < 4.78 is 0. The van der Waals surface area contributed by atoms with Gasteiger partial charge in [0.05, 0.1) is 0 Å². The molecule has 1 rings (SSSR count). The molecule has 1 aromatic heterocycles. The van der Waals surface area contributed by atoms with Gasteiger partial charge in [0.2, 0.25) is 5.91 Å². The van der Waals surface area contributed by atoms with Crippen molar-refractivity contribution in [1.29, 1.82) is 0 Å². The average Bonchev–Trinajstić information content (AvgIpc) is 2.81. The number of carbonyl (C=O) groups excluding carboxylic acids is 1. The van der Waals surface area contributed by atoms with Crippen molar-refractivity contribution in [3.63, 3.8) is 0 Å². The topological polar surface area (TPSA) is 29.1 Å². The maximum atomic E-state index is 11.6. The van der Waals surface area contributed by atoms with Gasteiger partial charge in [-0.25, -0.2) is 0 Å². The Labute approximate surface area is 112 Å². The molecule has 1 amide bonds. The molecular formula is C13H20ClNOS. The first-order valence-electron chi connectivity index (χ1n) is 5.93. The van der Waals surface area contributed by atoms with Crippen LogP contribution in [0.2, 0.25) is 0 Å². The van der Waals surface area contributed by atoms with E-state index in [1.807, 2.05) is 6.07 Å². The normalized spacial score (nSPS) is 11.5. The predicted molar refractivity (Wildman–Crippen MR) is 74.9 cm³/mol. The summed E-state index contributed by atoms with van der Waals surface area (Å²) in [6, 6.07) is 4.16. The molecule has 0 aliphatic heterocycles. The summed E-state index contributed by atoms with van der Waals surface area (Å²) in [7, 11) is 0. The Hall–Kier alpha value is -0.540. The zero-order valence-corrected chi connectivity index (χ0v) is 12.0. The lowest BCUT2D eigenvalue weighted by atomic mass is 9.91. The number of halogens is 1. The quantitative estimate of drug-likeness (QED) is 0.597. The van der Waals surface area contributed by atoms with Gasteiger partial charge in [-0.3, -0.25) is 4.79 Å². The first-order valence-corrected chi connectivity index (χ1v) is 7.34. The highest BCUT2D eigenvalue weighted by molar-refractivity contribution is 7.10. The van der Waals surface area contributed by atoms with E-state index in [0.29, 0.717) is 18.8 Å². The monoisotopic (exact) mass is 273 g/mol. The Morgan fingerprint density at radius 1 is 1.47 bits per heavy atom. The summed E-state index contributed by atoms with van der Waals surface area (Å²) in [6.45, 7) is 4.99. The number of alkyl halides is 1. The lowest BCUT2D eigenvalue weighted by molar-refractivity contribution is -0.121. The molecule has 0 spiro atoms. The Balaban J connectivity index is 2.32. The van der Waals surface area contributed by atoms with Crippen molar-refractivity contribution >= 4 is 28.8 Å². The van der Waals surface area contributed by atoms with E-state index < -0.39 is 0 Å². The molecule has 1 N–H and O–H groups in total. The minimum atomic E-state index is 0.0102. The minimum absolute atomic E-state index is 0.0102. The lowest BCUT2D eigenvalue weighted by Crippen LogP contribution is -2.36. The van der Waals surface area contributed by atoms with Crippen LogP contribution in [0.1, 0.15) is 38.0 Å². The van der Waals surface area contributed by atoms with Crippen molar-refractivity contribution in [3.8, 4) is 0 Å². The number of hydrogen-bond acceptors (Lipinski definition) is 2. The molecule has 1 heterocycles. The summed E-state index contributed by atoms with van der Waals surface area (Å²) >= 11 is 7.31. The second-order valence-electron chi connectivity index (χ2n) is 4.78. The van der Waals surface area contributed by atoms with Crippen LogP contribution in [0.25, 0.3) is 0 Å². The van der Waals surface area contributed by atoms with Crippen LogP contribution in [0, 0.1) is 0 Å². The summed E-state index contributed by atoms with van der Waals surface area (Å²) in [5, 5.41) is 5.06. The van der Waals surface area contributed by atoms with Crippen molar-refractivity contribution in [2.75, 3.05) is 12.4 Å². The van der Waals surface area contributed by atoms with Crippen LogP contribution in [0.5, 0.6) is 0 Å². The molecule has 0 unspecified atom stereocenters. The summed E-state index contributed by atoms with van der Waals surface area (Å²) in [4.78, 5) is 12.9. The van der Waals surface area contributed by atoms with E-state index in [1.54, 1.807) is 11.3 Å². The molecule has 0 aliphatic carbocycles. The van der Waals surface area contributed by atoms with Gasteiger partial charge >= 0.3 is 0 Å². The highest BCUT2D eigenvalue weighted by atomic mass is 35.5. The first kappa shape index (κ1) is 14.5. The van der Waals surface area contributed by atoms with Gasteiger partial charge in [0.15, 0.2) is 0 Å². The molecule has 2 nitrogen and oxygen atoms in total. The molecule has 0 saturated heterocycles. The van der Waals surface area contributed by atoms with Crippen molar-refractivity contribution in [3.05, 3.63) is 22.4 Å². The van der Waals surface area contributed by atoms with Gasteiger partial charge in [-0.1, -0.05) is 19.9 Å². The number of nitrogens with one attached hydrogen (secondary N) is 1. The molecule has 0 bridgehead atoms. The van der Waals surface area contributed by atoms with Crippen LogP contribution < -0.4 is 5.32 Å². The molecule has 0 aliphatic rings. The van der Waals surface area contributed by atoms with Gasteiger partial charge in [0, 0.05) is 29.1 Å². The van der Waals surface area contributed by atoms with Gasteiger partial charge in [-0.15, -0.1) is 22.9 Å². The number of unbranched alkanes of at least 4 members (excludes halogenated alkanes) is 1. The number of rotatable bonds is 7. The smallest absolute Gasteiger partial charge is 0.220 e. The maximum Gasteiger partial charge on any atom is 0.220 e. The third-order valence-electron chi connectivity index (χ3n) is 2.70. The van der Waals surface area contributed by atoms with E-state index >= 15 is 0 Å². The van der Waals surface area contributed by atoms with Gasteiger partial charge in [0.1, 0.15) is 0 Å². The van der Waals surface area contributed by atoms with Crippen LogP contribution in [0.4, 0.5) is 0 Å². The second-order valence-corrected chi connectivity index (χ2v) is 6.11. The Bertz CT molecular complexity index is 335. The van der Waals surface area contributed by atoms with E-state index in [9.17, 15) is 4.79 Å². The Morgan fingerprint density at radius 2 is 2.24 bits per heavy atom. The number of thiophene rings is 1. The molecule has 0 atom stereocenters. The van der Waals surface area contributed by atoms with E-state index in [2.05, 4.69) is 30.6 Å². The fourth-order valence-electron chi connectivity index (χ4n) is 1.54. The van der Waals surface area contributed by atoms with Crippen LogP contribution in [-0.2, 0) is 10.2 Å². The zero-order chi connectivity index (χ0) is 12.7. The van der Waals surface area contributed by atoms with Crippen molar-refractivity contribution in [2.45, 2.75) is 38.5 Å². The summed E-state index contributed by atoms with van der Waals surface area (Å²) in [6.07, 6.45) is 2.35. The molecule has 4 heteroatoms. The molecule has 96 valence electrons. The number of amides is 1. The standard InChI is InChI=1S/C13H20ClNOS/c1-13(2,11-6-5-9-17-11)10-15-12(16)7-3-4-8-14/h5-6,9H,3-4,7-8,10H2,1-2H3,(H,15,16). The van der Waals surface area contributed by atoms with Gasteiger partial charge in [0.25, 0.3) is 0 Å². The fraction of sp³-hybridized carbons (Fsp3) is 0.615. The lowest BCUT2D eigenvalue weighted by Gasteiger charge is -2.23. The van der Waals surface area contributed by atoms with Crippen LogP contribution in [0.15, 0.2) is 17.5 Å². The van der Waals surface area contributed by atoms with E-state index in [0.717, 1.165) is 12.8 Å². The highest BCUT2D eigenvalue weighted by Gasteiger charge is 2.22. The molecule has 17 heavy (non-hydrogen) atoms. The largest absolute Gasteiger partial charge is 0.355 e. The molecular weight excluding hydrogens is 254 g/mol. The third kappa shape index (κ3) is 5.09. The average molecular weight is 274 g/mol. The van der Waals surface area contributed by atoms with Gasteiger partial charge in [-0.2, -0.15) is 0 Å². The highest BCUT2D eigenvalue weighted by Crippen LogP contribution is 2.26. The fourth-order valence-corrected chi connectivity index (χ4v) is 2.58. The third-order valence-corrected chi connectivity index (χ3v) is 4.21. The summed E-state index contributed by atoms with van der Waals surface area (Å²) in [5.41, 5.74) is 0.0102. The minimum Gasteiger partial charge on any atom is -0.355 e. The molecule has 0 fully saturated rings. The Kier molecular flexibility index (Phi) is 6.00. The molecule has 0 aromatic carbocycles. The van der Waals surface area contributed by atoms with Crippen molar-refractivity contribution in [1.82, 2.24) is 5.32 Å². The number of carbonyl (C=O) groups is 1. The summed E-state index contributed by atoms with van der Waals surface area (Å²) in [5.74, 6) is 0.758. The van der Waals surface area contributed by atoms with Gasteiger partial charge in [-0.05, 0) is 24.3 Å². The second kappa shape index (κ2) is 7.02. The maximum absolute atomic E-state index is 11.6. The van der Waals surface area contributed by atoms with E-state index in [-0.39, 0.29) is 11.3 Å². The van der Waals surface area contributed by atoms with Gasteiger partial charge < -0.3 is 5.32 Å². The zero-order valence-electron chi connectivity index (χ0n) is 10.5.